The maximum Gasteiger partial charge on any atom is 0.217 e. The molecule has 8 N–H and O–H groups in total. The first-order valence-corrected chi connectivity index (χ1v) is 9.04. The van der Waals surface area contributed by atoms with Crippen LogP contribution in [0.2, 0.25) is 0 Å². The molecule has 13 nitrogen and oxygen atoms in total. The van der Waals surface area contributed by atoms with Gasteiger partial charge in [-0.3, -0.25) is 9.59 Å². The Labute approximate surface area is 166 Å². The molecule has 10 atom stereocenters. The summed E-state index contributed by atoms with van der Waals surface area (Å²) < 4.78 is 16.0. The summed E-state index contributed by atoms with van der Waals surface area (Å²) in [4.78, 5) is 22.6. The minimum absolute atomic E-state index is 0.455. The molecular formula is C16H28N2O11. The lowest BCUT2D eigenvalue weighted by atomic mass is 9.96. The maximum atomic E-state index is 11.4. The highest BCUT2D eigenvalue weighted by Crippen LogP contribution is 2.25. The van der Waals surface area contributed by atoms with Gasteiger partial charge >= 0.3 is 0 Å². The normalized spacial score (nSPS) is 42.9. The lowest BCUT2D eigenvalue weighted by Crippen LogP contribution is -2.66. The van der Waals surface area contributed by atoms with Crippen molar-refractivity contribution in [2.75, 3.05) is 13.2 Å². The summed E-state index contributed by atoms with van der Waals surface area (Å²) in [6.45, 7) is 1.26. The number of nitrogens with one attached hydrogen (secondary N) is 2. The number of hydrogen-bond acceptors (Lipinski definition) is 11. The summed E-state index contributed by atoms with van der Waals surface area (Å²) in [5.41, 5.74) is 0. The van der Waals surface area contributed by atoms with Gasteiger partial charge in [-0.2, -0.15) is 0 Å². The molecule has 0 radical (unpaired) electrons. The van der Waals surface area contributed by atoms with Crippen molar-refractivity contribution < 1.29 is 54.4 Å². The van der Waals surface area contributed by atoms with Crippen molar-refractivity contribution in [3.63, 3.8) is 0 Å². The molecule has 0 aromatic heterocycles. The van der Waals surface area contributed by atoms with Crippen LogP contribution in [0.4, 0.5) is 0 Å². The fourth-order valence-corrected chi connectivity index (χ4v) is 3.28. The van der Waals surface area contributed by atoms with Gasteiger partial charge in [-0.1, -0.05) is 0 Å². The lowest BCUT2D eigenvalue weighted by molar-refractivity contribution is -0.297. The van der Waals surface area contributed by atoms with Crippen LogP contribution in [0.3, 0.4) is 0 Å². The number of aliphatic hydroxyl groups excluding tert-OH is 6. The number of carbonyl (C=O) groups is 2. The molecule has 0 aromatic rings. The SMILES string of the molecule is CC(=O)N[C@@H]1[C@@H](O)[C@H](O)[C@@H](CO[C@H]2O[C@H](CO)[C@@H](O)[C@H](O)[C@H]2NC(C)=O)O[C@H]1O. The van der Waals surface area contributed by atoms with Crippen LogP contribution in [0.25, 0.3) is 0 Å². The van der Waals surface area contributed by atoms with Crippen LogP contribution in [0.5, 0.6) is 0 Å². The third-order valence-corrected chi connectivity index (χ3v) is 4.77. The monoisotopic (exact) mass is 424 g/mol. The number of aliphatic hydroxyl groups is 6. The fourth-order valence-electron chi connectivity index (χ4n) is 3.28. The molecule has 0 aromatic carbocycles. The minimum Gasteiger partial charge on any atom is -0.394 e. The molecule has 168 valence electrons. The van der Waals surface area contributed by atoms with E-state index in [2.05, 4.69) is 10.6 Å². The zero-order valence-electron chi connectivity index (χ0n) is 15.9. The summed E-state index contributed by atoms with van der Waals surface area (Å²) in [6, 6.07) is -2.46. The van der Waals surface area contributed by atoms with Crippen molar-refractivity contribution in [3.8, 4) is 0 Å². The molecule has 0 unspecified atom stereocenters. The van der Waals surface area contributed by atoms with Crippen LogP contribution >= 0.6 is 0 Å². The number of ether oxygens (including phenoxy) is 3. The highest BCUT2D eigenvalue weighted by molar-refractivity contribution is 5.73. The molecule has 2 amide bonds. The van der Waals surface area contributed by atoms with Gasteiger partial charge in [0.25, 0.3) is 0 Å². The van der Waals surface area contributed by atoms with E-state index in [1.54, 1.807) is 0 Å². The molecule has 29 heavy (non-hydrogen) atoms. The van der Waals surface area contributed by atoms with Crippen LogP contribution in [0.1, 0.15) is 13.8 Å². The minimum atomic E-state index is -1.64. The van der Waals surface area contributed by atoms with Crippen LogP contribution in [-0.2, 0) is 23.8 Å². The van der Waals surface area contributed by atoms with E-state index in [4.69, 9.17) is 14.2 Å². The molecule has 2 aliphatic rings. The van der Waals surface area contributed by atoms with Crippen molar-refractivity contribution >= 4 is 11.8 Å². The Balaban J connectivity index is 2.05. The summed E-state index contributed by atoms with van der Waals surface area (Å²) in [6.07, 6.45) is -11.5. The highest BCUT2D eigenvalue weighted by atomic mass is 16.7. The van der Waals surface area contributed by atoms with Crippen LogP contribution in [0.15, 0.2) is 0 Å². The van der Waals surface area contributed by atoms with Crippen LogP contribution in [-0.4, -0.2) is 117 Å². The molecule has 2 rings (SSSR count). The zero-order valence-corrected chi connectivity index (χ0v) is 15.9. The Morgan fingerprint density at radius 1 is 0.828 bits per heavy atom. The van der Waals surface area contributed by atoms with Gasteiger partial charge in [-0.25, -0.2) is 0 Å². The quantitative estimate of drug-likeness (QED) is 0.202. The van der Waals surface area contributed by atoms with E-state index in [1.165, 1.54) is 13.8 Å². The maximum absolute atomic E-state index is 11.4. The predicted molar refractivity (Wildman–Crippen MR) is 91.8 cm³/mol. The first kappa shape index (κ1) is 23.9. The van der Waals surface area contributed by atoms with E-state index in [-0.39, 0.29) is 0 Å². The van der Waals surface area contributed by atoms with E-state index in [0.29, 0.717) is 0 Å². The van der Waals surface area contributed by atoms with E-state index in [1.807, 2.05) is 0 Å². The molecule has 0 bridgehead atoms. The van der Waals surface area contributed by atoms with Crippen molar-refractivity contribution in [1.29, 1.82) is 0 Å². The van der Waals surface area contributed by atoms with Gasteiger partial charge in [0, 0.05) is 13.8 Å². The third kappa shape index (κ3) is 5.59. The Bertz CT molecular complexity index is 579. The first-order chi connectivity index (χ1) is 13.6. The second kappa shape index (κ2) is 10.1. The largest absolute Gasteiger partial charge is 0.394 e. The Kier molecular flexibility index (Phi) is 8.28. The standard InChI is InChI=1S/C16H28N2O11/c1-5(20)17-9-13(24)12(23)8(28-15(9)26)4-27-16-10(18-6(2)21)14(25)11(22)7(3-19)29-16/h7-16,19,22-26H,3-4H2,1-2H3,(H,17,20)(H,18,21)/t7-,8-,9-,10-,11-,12-,13-,14-,15-,16+/m1/s1. The zero-order chi connectivity index (χ0) is 21.9. The van der Waals surface area contributed by atoms with E-state index in [0.717, 1.165) is 0 Å². The third-order valence-electron chi connectivity index (χ3n) is 4.77. The lowest BCUT2D eigenvalue weighted by Gasteiger charge is -2.44. The van der Waals surface area contributed by atoms with E-state index in [9.17, 15) is 40.2 Å². The van der Waals surface area contributed by atoms with Crippen LogP contribution < -0.4 is 10.6 Å². The van der Waals surface area contributed by atoms with Crippen molar-refractivity contribution in [2.24, 2.45) is 0 Å². The van der Waals surface area contributed by atoms with E-state index < -0.39 is 86.3 Å². The van der Waals surface area contributed by atoms with Gasteiger partial charge in [0.1, 0.15) is 48.7 Å². The van der Waals surface area contributed by atoms with Crippen molar-refractivity contribution in [3.05, 3.63) is 0 Å². The Hall–Kier alpha value is -1.42. The summed E-state index contributed by atoms with van der Waals surface area (Å²) in [5.74, 6) is -1.09. The molecule has 2 saturated heterocycles. The van der Waals surface area contributed by atoms with Gasteiger partial charge in [0.05, 0.1) is 13.2 Å². The molecule has 2 aliphatic heterocycles. The fraction of sp³-hybridized carbons (Fsp3) is 0.875. The van der Waals surface area contributed by atoms with Crippen LogP contribution in [0, 0.1) is 0 Å². The van der Waals surface area contributed by atoms with Gasteiger partial charge in [-0.15, -0.1) is 0 Å². The second-order valence-electron chi connectivity index (χ2n) is 7.04. The summed E-state index contributed by atoms with van der Waals surface area (Å²) in [7, 11) is 0. The number of carbonyl (C=O) groups excluding carboxylic acids is 2. The Morgan fingerprint density at radius 3 is 1.90 bits per heavy atom. The smallest absolute Gasteiger partial charge is 0.217 e. The van der Waals surface area contributed by atoms with Crippen molar-refractivity contribution in [1.82, 2.24) is 10.6 Å². The molecule has 2 heterocycles. The number of amides is 2. The molecule has 0 saturated carbocycles. The molecule has 13 heteroatoms. The summed E-state index contributed by atoms with van der Waals surface area (Å²) in [5, 5.41) is 64.4. The van der Waals surface area contributed by atoms with E-state index >= 15 is 0 Å². The van der Waals surface area contributed by atoms with Gasteiger partial charge in [-0.05, 0) is 0 Å². The average molecular weight is 424 g/mol. The number of hydrogen-bond donors (Lipinski definition) is 8. The molecule has 0 aliphatic carbocycles. The molecule has 2 fully saturated rings. The first-order valence-electron chi connectivity index (χ1n) is 9.04. The topological polar surface area (TPSA) is 207 Å². The second-order valence-corrected chi connectivity index (χ2v) is 7.04. The molecular weight excluding hydrogens is 396 g/mol. The number of rotatable bonds is 6. The van der Waals surface area contributed by atoms with Gasteiger partial charge < -0.3 is 55.5 Å². The average Bonchev–Trinajstić information content (AvgIpc) is 2.65. The van der Waals surface area contributed by atoms with Crippen molar-refractivity contribution in [2.45, 2.75) is 75.1 Å². The van der Waals surface area contributed by atoms with Gasteiger partial charge in [0.15, 0.2) is 12.6 Å². The summed E-state index contributed by atoms with van der Waals surface area (Å²) >= 11 is 0. The predicted octanol–water partition coefficient (Wildman–Crippen LogP) is -5.11. The van der Waals surface area contributed by atoms with Gasteiger partial charge in [0.2, 0.25) is 11.8 Å². The highest BCUT2D eigenvalue weighted by Gasteiger charge is 2.48. The Morgan fingerprint density at radius 2 is 1.34 bits per heavy atom. The molecule has 0 spiro atoms.